The van der Waals surface area contributed by atoms with E-state index in [2.05, 4.69) is 11.0 Å². The molecule has 4 rings (SSSR count). The van der Waals surface area contributed by atoms with Crippen molar-refractivity contribution in [3.05, 3.63) is 58.9 Å². The molecule has 2 atom stereocenters. The van der Waals surface area contributed by atoms with Crippen LogP contribution in [0.1, 0.15) is 41.7 Å². The van der Waals surface area contributed by atoms with Crippen LogP contribution in [0.4, 0.5) is 0 Å². The Morgan fingerprint density at radius 1 is 1.19 bits per heavy atom. The van der Waals surface area contributed by atoms with Gasteiger partial charge < -0.3 is 5.11 Å². The van der Waals surface area contributed by atoms with Gasteiger partial charge in [0.2, 0.25) is 0 Å². The lowest BCUT2D eigenvalue weighted by atomic mass is 9.98. The second kappa shape index (κ2) is 7.13. The van der Waals surface area contributed by atoms with Crippen LogP contribution in [0.25, 0.3) is 10.2 Å². The number of benzene rings is 1. The fourth-order valence-electron chi connectivity index (χ4n) is 3.69. The molecule has 0 saturated carbocycles. The van der Waals surface area contributed by atoms with Crippen molar-refractivity contribution in [3.63, 3.8) is 0 Å². The second-order valence-corrected chi connectivity index (χ2v) is 7.78. The second-order valence-electron chi connectivity index (χ2n) is 6.71. The molecule has 1 N–H and O–H groups in total. The molecule has 26 heavy (non-hydrogen) atoms. The molecule has 1 aliphatic heterocycles. The summed E-state index contributed by atoms with van der Waals surface area (Å²) in [5, 5.41) is 10.7. The van der Waals surface area contributed by atoms with Crippen LogP contribution in [0.5, 0.6) is 0 Å². The van der Waals surface area contributed by atoms with E-state index in [4.69, 9.17) is 9.97 Å². The van der Waals surface area contributed by atoms with Gasteiger partial charge in [0.1, 0.15) is 17.1 Å². The highest BCUT2D eigenvalue weighted by atomic mass is 32.1. The quantitative estimate of drug-likeness (QED) is 0.754. The number of hydrogen-bond donors (Lipinski definition) is 1. The van der Waals surface area contributed by atoms with E-state index in [1.165, 1.54) is 0 Å². The molecule has 0 spiro atoms. The van der Waals surface area contributed by atoms with Gasteiger partial charge in [0, 0.05) is 12.2 Å². The number of pyridine rings is 1. The third-order valence-corrected chi connectivity index (χ3v) is 5.98. The van der Waals surface area contributed by atoms with Crippen molar-refractivity contribution in [1.29, 1.82) is 0 Å². The Hall–Kier alpha value is -2.31. The number of aliphatic carboxylic acids is 1. The minimum atomic E-state index is -0.761. The number of carbonyl (C=O) groups is 1. The average Bonchev–Trinajstić information content (AvgIpc) is 3.06. The Bertz CT molecular complexity index is 906. The van der Waals surface area contributed by atoms with Gasteiger partial charge >= 0.3 is 5.97 Å². The number of carboxylic acids is 1. The molecule has 1 saturated heterocycles. The largest absolute Gasteiger partial charge is 0.480 e. The summed E-state index contributed by atoms with van der Waals surface area (Å²) < 4.78 is 1.11. The van der Waals surface area contributed by atoms with Gasteiger partial charge in [-0.15, -0.1) is 11.3 Å². The fraction of sp³-hybridized carbons (Fsp3) is 0.350. The number of thiazole rings is 1. The normalized spacial score (nSPS) is 19.5. The molecule has 1 aromatic carbocycles. The zero-order valence-electron chi connectivity index (χ0n) is 14.6. The molecule has 3 heterocycles. The summed E-state index contributed by atoms with van der Waals surface area (Å²) in [4.78, 5) is 23.5. The molecule has 2 aromatic heterocycles. The number of nitrogens with zero attached hydrogens (tertiary/aromatic N) is 3. The molecule has 1 aliphatic rings. The predicted molar refractivity (Wildman–Crippen MR) is 102 cm³/mol. The smallest absolute Gasteiger partial charge is 0.320 e. The summed E-state index contributed by atoms with van der Waals surface area (Å²) >= 11 is 1.63. The van der Waals surface area contributed by atoms with Crippen molar-refractivity contribution in [3.8, 4) is 0 Å². The van der Waals surface area contributed by atoms with Crippen molar-refractivity contribution in [2.75, 3.05) is 6.54 Å². The molecule has 6 heteroatoms. The molecule has 2 unspecified atom stereocenters. The number of rotatable bonds is 4. The van der Waals surface area contributed by atoms with E-state index < -0.39 is 12.0 Å². The highest BCUT2D eigenvalue weighted by Crippen LogP contribution is 2.37. The van der Waals surface area contributed by atoms with Crippen molar-refractivity contribution in [1.82, 2.24) is 14.9 Å². The Morgan fingerprint density at radius 2 is 2.04 bits per heavy atom. The van der Waals surface area contributed by atoms with Crippen LogP contribution in [-0.2, 0) is 4.79 Å². The van der Waals surface area contributed by atoms with E-state index >= 15 is 0 Å². The van der Waals surface area contributed by atoms with E-state index in [0.717, 1.165) is 46.0 Å². The van der Waals surface area contributed by atoms with Crippen LogP contribution >= 0.6 is 11.3 Å². The summed E-state index contributed by atoms with van der Waals surface area (Å²) in [5.41, 5.74) is 2.75. The van der Waals surface area contributed by atoms with Gasteiger partial charge in [-0.05, 0) is 44.0 Å². The molecular weight excluding hydrogens is 346 g/mol. The standard InChI is InChI=1S/C20H21N3O2S/c1-13-7-6-9-15(21-13)18(23-12-5-4-10-16(23)20(24)25)19-22-14-8-2-3-11-17(14)26-19/h2-3,6-9,11,16,18H,4-5,10,12H2,1H3,(H,24,25). The minimum absolute atomic E-state index is 0.228. The number of hydrogen-bond acceptors (Lipinski definition) is 5. The summed E-state index contributed by atoms with van der Waals surface area (Å²) in [5.74, 6) is -0.761. The Kier molecular flexibility index (Phi) is 4.70. The summed E-state index contributed by atoms with van der Waals surface area (Å²) in [6, 6.07) is 13.2. The Balaban J connectivity index is 1.84. The van der Waals surface area contributed by atoms with Gasteiger partial charge in [-0.1, -0.05) is 24.6 Å². The van der Waals surface area contributed by atoms with E-state index in [1.807, 2.05) is 43.3 Å². The first-order chi connectivity index (χ1) is 12.6. The van der Waals surface area contributed by atoms with E-state index in [9.17, 15) is 9.90 Å². The predicted octanol–water partition coefficient (Wildman–Crippen LogP) is 4.03. The van der Waals surface area contributed by atoms with E-state index in [-0.39, 0.29) is 6.04 Å². The van der Waals surface area contributed by atoms with Crippen molar-refractivity contribution < 1.29 is 9.90 Å². The SMILES string of the molecule is Cc1cccc(C(c2nc3ccccc3s2)N2CCCCC2C(=O)O)n1. The monoisotopic (exact) mass is 367 g/mol. The number of fused-ring (bicyclic) bond motifs is 1. The summed E-state index contributed by atoms with van der Waals surface area (Å²) in [7, 11) is 0. The van der Waals surface area contributed by atoms with E-state index in [1.54, 1.807) is 11.3 Å². The van der Waals surface area contributed by atoms with Crippen molar-refractivity contribution in [2.24, 2.45) is 0 Å². The van der Waals surface area contributed by atoms with Gasteiger partial charge in [0.15, 0.2) is 0 Å². The average molecular weight is 367 g/mol. The molecule has 1 fully saturated rings. The maximum atomic E-state index is 11.9. The van der Waals surface area contributed by atoms with Crippen LogP contribution in [0.2, 0.25) is 0 Å². The molecule has 0 amide bonds. The fourth-order valence-corrected chi connectivity index (χ4v) is 4.79. The van der Waals surface area contributed by atoms with Crippen LogP contribution in [0.15, 0.2) is 42.5 Å². The van der Waals surface area contributed by atoms with Crippen LogP contribution < -0.4 is 0 Å². The van der Waals surface area contributed by atoms with Crippen LogP contribution in [0, 0.1) is 6.92 Å². The number of piperidine rings is 1. The third kappa shape index (κ3) is 3.22. The molecular formula is C20H21N3O2S. The molecule has 0 aliphatic carbocycles. The van der Waals surface area contributed by atoms with Gasteiger partial charge in [-0.3, -0.25) is 14.7 Å². The number of aromatic nitrogens is 2. The van der Waals surface area contributed by atoms with Crippen molar-refractivity contribution >= 4 is 27.5 Å². The topological polar surface area (TPSA) is 66.3 Å². The number of para-hydroxylation sites is 1. The minimum Gasteiger partial charge on any atom is -0.480 e. The maximum Gasteiger partial charge on any atom is 0.320 e. The van der Waals surface area contributed by atoms with Gasteiger partial charge in [-0.2, -0.15) is 0 Å². The lowest BCUT2D eigenvalue weighted by Gasteiger charge is -2.38. The van der Waals surface area contributed by atoms with Gasteiger partial charge in [0.25, 0.3) is 0 Å². The van der Waals surface area contributed by atoms with Crippen LogP contribution in [-0.4, -0.2) is 38.5 Å². The third-order valence-electron chi connectivity index (χ3n) is 4.90. The lowest BCUT2D eigenvalue weighted by molar-refractivity contribution is -0.145. The molecule has 0 radical (unpaired) electrons. The molecule has 0 bridgehead atoms. The van der Waals surface area contributed by atoms with Gasteiger partial charge in [-0.25, -0.2) is 4.98 Å². The summed E-state index contributed by atoms with van der Waals surface area (Å²) in [6.45, 7) is 2.71. The molecule has 5 nitrogen and oxygen atoms in total. The first-order valence-electron chi connectivity index (χ1n) is 8.91. The molecule has 134 valence electrons. The number of likely N-dealkylation sites (tertiary alicyclic amines) is 1. The molecule has 3 aromatic rings. The first-order valence-corrected chi connectivity index (χ1v) is 9.73. The highest BCUT2D eigenvalue weighted by molar-refractivity contribution is 7.18. The Labute approximate surface area is 156 Å². The van der Waals surface area contributed by atoms with Gasteiger partial charge in [0.05, 0.1) is 15.9 Å². The van der Waals surface area contributed by atoms with Crippen LogP contribution in [0.3, 0.4) is 0 Å². The highest BCUT2D eigenvalue weighted by Gasteiger charge is 2.37. The number of aryl methyl sites for hydroxylation is 1. The Morgan fingerprint density at radius 3 is 2.81 bits per heavy atom. The lowest BCUT2D eigenvalue weighted by Crippen LogP contribution is -2.47. The zero-order chi connectivity index (χ0) is 18.1. The van der Waals surface area contributed by atoms with E-state index in [0.29, 0.717) is 6.42 Å². The maximum absolute atomic E-state index is 11.9. The number of carboxylic acid groups (broad SMARTS) is 1. The van der Waals surface area contributed by atoms with Crippen molar-refractivity contribution in [2.45, 2.75) is 38.3 Å². The summed E-state index contributed by atoms with van der Waals surface area (Å²) in [6.07, 6.45) is 2.61. The first kappa shape index (κ1) is 17.1. The zero-order valence-corrected chi connectivity index (χ0v) is 15.4.